The molecule has 5 nitrogen and oxygen atoms in total. The fourth-order valence-corrected chi connectivity index (χ4v) is 1.95. The summed E-state index contributed by atoms with van der Waals surface area (Å²) in [5, 5.41) is 0. The summed E-state index contributed by atoms with van der Waals surface area (Å²) in [4.78, 5) is 26.9. The molecule has 0 aromatic heterocycles. The molecule has 5 heteroatoms. The Balaban J connectivity index is 2.32. The van der Waals surface area contributed by atoms with Crippen LogP contribution >= 0.6 is 0 Å². The molecule has 0 unspecified atom stereocenters. The van der Waals surface area contributed by atoms with Crippen LogP contribution in [0.5, 0.6) is 0 Å². The highest BCUT2D eigenvalue weighted by molar-refractivity contribution is 5.85. The van der Waals surface area contributed by atoms with Crippen LogP contribution in [0.15, 0.2) is 0 Å². The third-order valence-electron chi connectivity index (χ3n) is 3.12. The van der Waals surface area contributed by atoms with Gasteiger partial charge in [0.2, 0.25) is 11.8 Å². The van der Waals surface area contributed by atoms with Gasteiger partial charge >= 0.3 is 0 Å². The lowest BCUT2D eigenvalue weighted by atomic mass is 10.2. The van der Waals surface area contributed by atoms with Crippen molar-refractivity contribution in [3.8, 4) is 0 Å². The second-order valence-electron chi connectivity index (χ2n) is 4.58. The summed E-state index contributed by atoms with van der Waals surface area (Å²) in [7, 11) is 1.79. The van der Waals surface area contributed by atoms with Crippen molar-refractivity contribution in [2.24, 2.45) is 5.73 Å². The Bertz CT molecular complexity index is 268. The molecule has 1 aliphatic rings. The lowest BCUT2D eigenvalue weighted by molar-refractivity contribution is -0.138. The summed E-state index contributed by atoms with van der Waals surface area (Å²) in [5.41, 5.74) is 5.40. The second-order valence-corrected chi connectivity index (χ2v) is 4.58. The molecule has 17 heavy (non-hydrogen) atoms. The first kappa shape index (κ1) is 14.0. The Morgan fingerprint density at radius 1 is 1.29 bits per heavy atom. The quantitative estimate of drug-likeness (QED) is 0.699. The van der Waals surface area contributed by atoms with E-state index in [4.69, 9.17) is 5.73 Å². The van der Waals surface area contributed by atoms with E-state index in [1.165, 1.54) is 0 Å². The van der Waals surface area contributed by atoms with Crippen molar-refractivity contribution in [1.29, 1.82) is 0 Å². The molecule has 1 rings (SSSR count). The van der Waals surface area contributed by atoms with Crippen molar-refractivity contribution in [3.63, 3.8) is 0 Å². The molecule has 1 aliphatic heterocycles. The van der Waals surface area contributed by atoms with Gasteiger partial charge in [0.1, 0.15) is 0 Å². The summed E-state index contributed by atoms with van der Waals surface area (Å²) >= 11 is 0. The normalized spacial score (nSPS) is 17.2. The summed E-state index contributed by atoms with van der Waals surface area (Å²) in [6.45, 7) is 2.37. The molecule has 0 radical (unpaired) electrons. The van der Waals surface area contributed by atoms with Gasteiger partial charge in [-0.15, -0.1) is 0 Å². The van der Waals surface area contributed by atoms with Crippen molar-refractivity contribution < 1.29 is 9.59 Å². The molecule has 0 saturated carbocycles. The molecular weight excluding hydrogens is 218 g/mol. The lowest BCUT2D eigenvalue weighted by Gasteiger charge is -2.19. The van der Waals surface area contributed by atoms with E-state index in [1.807, 2.05) is 0 Å². The minimum Gasteiger partial charge on any atom is -0.344 e. The zero-order valence-electron chi connectivity index (χ0n) is 10.7. The van der Waals surface area contributed by atoms with Crippen LogP contribution in [0.25, 0.3) is 0 Å². The van der Waals surface area contributed by atoms with Crippen LogP contribution in [-0.2, 0) is 9.59 Å². The van der Waals surface area contributed by atoms with Crippen LogP contribution in [0.3, 0.4) is 0 Å². The predicted molar refractivity (Wildman–Crippen MR) is 66.4 cm³/mol. The number of carbonyl (C=O) groups excluding carboxylic acids is 2. The average Bonchev–Trinajstić information content (AvgIpc) is 2.48. The largest absolute Gasteiger partial charge is 0.344 e. The standard InChI is InChI=1S/C12H23N3O2/c1-14-8-5-9-15(10-12(14)17)11(16)6-3-2-4-7-13/h2-10,13H2,1H3. The highest BCUT2D eigenvalue weighted by Crippen LogP contribution is 2.07. The fraction of sp³-hybridized carbons (Fsp3) is 0.833. The van der Waals surface area contributed by atoms with E-state index in [1.54, 1.807) is 16.8 Å². The molecule has 0 spiro atoms. The van der Waals surface area contributed by atoms with Gasteiger partial charge in [-0.1, -0.05) is 6.42 Å². The number of carbonyl (C=O) groups is 2. The first-order chi connectivity index (χ1) is 8.15. The summed E-state index contributed by atoms with van der Waals surface area (Å²) in [5.74, 6) is 0.142. The van der Waals surface area contributed by atoms with Gasteiger partial charge in [0.25, 0.3) is 0 Å². The van der Waals surface area contributed by atoms with Gasteiger partial charge in [0.15, 0.2) is 0 Å². The minimum absolute atomic E-state index is 0.0396. The van der Waals surface area contributed by atoms with Gasteiger partial charge in [-0.25, -0.2) is 0 Å². The number of amides is 2. The molecule has 0 aromatic rings. The van der Waals surface area contributed by atoms with Gasteiger partial charge < -0.3 is 15.5 Å². The molecule has 2 amide bonds. The Kier molecular flexibility index (Phi) is 5.97. The van der Waals surface area contributed by atoms with Crippen molar-refractivity contribution in [1.82, 2.24) is 9.80 Å². The van der Waals surface area contributed by atoms with Crippen molar-refractivity contribution in [3.05, 3.63) is 0 Å². The van der Waals surface area contributed by atoms with Crippen LogP contribution in [0.4, 0.5) is 0 Å². The molecule has 2 N–H and O–H groups in total. The maximum Gasteiger partial charge on any atom is 0.241 e. The van der Waals surface area contributed by atoms with E-state index in [-0.39, 0.29) is 18.4 Å². The first-order valence-electron chi connectivity index (χ1n) is 6.37. The SMILES string of the molecule is CN1CCCN(C(=O)CCCCCN)CC1=O. The van der Waals surface area contributed by atoms with E-state index in [0.29, 0.717) is 19.5 Å². The van der Waals surface area contributed by atoms with Gasteiger partial charge in [-0.05, 0) is 25.8 Å². The zero-order chi connectivity index (χ0) is 12.7. The molecule has 98 valence electrons. The number of unbranched alkanes of at least 4 members (excludes halogenated alkanes) is 2. The highest BCUT2D eigenvalue weighted by atomic mass is 16.2. The summed E-state index contributed by atoms with van der Waals surface area (Å²) in [6.07, 6.45) is 4.24. The number of hydrogen-bond acceptors (Lipinski definition) is 3. The number of hydrogen-bond donors (Lipinski definition) is 1. The number of likely N-dealkylation sites (N-methyl/N-ethyl adjacent to an activating group) is 1. The number of nitrogens with zero attached hydrogens (tertiary/aromatic N) is 2. The first-order valence-corrected chi connectivity index (χ1v) is 6.37. The van der Waals surface area contributed by atoms with Crippen LogP contribution < -0.4 is 5.73 Å². The lowest BCUT2D eigenvalue weighted by Crippen LogP contribution is -2.37. The van der Waals surface area contributed by atoms with E-state index < -0.39 is 0 Å². The van der Waals surface area contributed by atoms with E-state index in [9.17, 15) is 9.59 Å². The van der Waals surface area contributed by atoms with Gasteiger partial charge in [-0.3, -0.25) is 9.59 Å². The van der Waals surface area contributed by atoms with Crippen molar-refractivity contribution in [2.75, 3.05) is 33.2 Å². The molecule has 1 fully saturated rings. The zero-order valence-corrected chi connectivity index (χ0v) is 10.7. The van der Waals surface area contributed by atoms with Crippen LogP contribution in [0, 0.1) is 0 Å². The van der Waals surface area contributed by atoms with Gasteiger partial charge in [-0.2, -0.15) is 0 Å². The predicted octanol–water partition coefficient (Wildman–Crippen LogP) is 0.196. The van der Waals surface area contributed by atoms with Crippen molar-refractivity contribution in [2.45, 2.75) is 32.1 Å². The smallest absolute Gasteiger partial charge is 0.241 e. The van der Waals surface area contributed by atoms with E-state index in [2.05, 4.69) is 0 Å². The highest BCUT2D eigenvalue weighted by Gasteiger charge is 2.22. The van der Waals surface area contributed by atoms with Crippen LogP contribution in [0.1, 0.15) is 32.1 Å². The third-order valence-corrected chi connectivity index (χ3v) is 3.12. The molecule has 0 aliphatic carbocycles. The topological polar surface area (TPSA) is 66.6 Å². The monoisotopic (exact) mass is 241 g/mol. The average molecular weight is 241 g/mol. The van der Waals surface area contributed by atoms with E-state index >= 15 is 0 Å². The molecule has 0 aromatic carbocycles. The second kappa shape index (κ2) is 7.27. The molecule has 1 saturated heterocycles. The number of nitrogens with two attached hydrogens (primary N) is 1. The number of rotatable bonds is 5. The molecular formula is C12H23N3O2. The van der Waals surface area contributed by atoms with Crippen molar-refractivity contribution >= 4 is 11.8 Å². The molecule has 0 atom stereocenters. The van der Waals surface area contributed by atoms with Crippen LogP contribution in [-0.4, -0.2) is 54.8 Å². The van der Waals surface area contributed by atoms with E-state index in [0.717, 1.165) is 32.2 Å². The Morgan fingerprint density at radius 2 is 2.06 bits per heavy atom. The van der Waals surface area contributed by atoms with Gasteiger partial charge in [0, 0.05) is 26.6 Å². The van der Waals surface area contributed by atoms with Crippen LogP contribution in [0.2, 0.25) is 0 Å². The maximum absolute atomic E-state index is 11.9. The maximum atomic E-state index is 11.9. The fourth-order valence-electron chi connectivity index (χ4n) is 1.95. The Hall–Kier alpha value is -1.10. The molecule has 0 bridgehead atoms. The summed E-state index contributed by atoms with van der Waals surface area (Å²) in [6, 6.07) is 0. The Morgan fingerprint density at radius 3 is 2.76 bits per heavy atom. The third kappa shape index (κ3) is 4.73. The van der Waals surface area contributed by atoms with Gasteiger partial charge in [0.05, 0.1) is 6.54 Å². The molecule has 1 heterocycles. The summed E-state index contributed by atoms with van der Waals surface area (Å²) < 4.78 is 0. The minimum atomic E-state index is 0.0396. The Labute approximate surface area is 103 Å².